The van der Waals surface area contributed by atoms with Crippen LogP contribution in [0.4, 0.5) is 5.69 Å². The maximum atomic E-state index is 12.1. The minimum atomic E-state index is 0.0916. The highest BCUT2D eigenvalue weighted by atomic mass is 16.5. The molecule has 0 aliphatic carbocycles. The molecule has 1 aliphatic heterocycles. The molecule has 128 valence electrons. The average molecular weight is 318 g/mol. The molecular formula is C19H30N2O2. The molecule has 2 rings (SSSR count). The fraction of sp³-hybridized carbons (Fsp3) is 0.632. The SMILES string of the molecule is Cc1ccc(NC(=O)CCC2CCNC2)cc1OCCC(C)C. The third-order valence-corrected chi connectivity index (χ3v) is 4.37. The van der Waals surface area contributed by atoms with Crippen molar-refractivity contribution in [1.29, 1.82) is 0 Å². The van der Waals surface area contributed by atoms with Crippen LogP contribution in [0.2, 0.25) is 0 Å². The van der Waals surface area contributed by atoms with E-state index in [4.69, 9.17) is 4.74 Å². The lowest BCUT2D eigenvalue weighted by Crippen LogP contribution is -2.15. The summed E-state index contributed by atoms with van der Waals surface area (Å²) in [6, 6.07) is 5.88. The van der Waals surface area contributed by atoms with Crippen molar-refractivity contribution in [1.82, 2.24) is 5.32 Å². The number of nitrogens with one attached hydrogen (secondary N) is 2. The Bertz CT molecular complexity index is 508. The fourth-order valence-electron chi connectivity index (χ4n) is 2.76. The van der Waals surface area contributed by atoms with Crippen LogP contribution in [0.3, 0.4) is 0 Å². The minimum absolute atomic E-state index is 0.0916. The Hall–Kier alpha value is -1.55. The van der Waals surface area contributed by atoms with Gasteiger partial charge in [-0.1, -0.05) is 19.9 Å². The second-order valence-electron chi connectivity index (χ2n) is 6.96. The predicted molar refractivity (Wildman–Crippen MR) is 95.0 cm³/mol. The summed E-state index contributed by atoms with van der Waals surface area (Å²) in [5, 5.41) is 6.33. The van der Waals surface area contributed by atoms with Gasteiger partial charge in [0.25, 0.3) is 0 Å². The van der Waals surface area contributed by atoms with Gasteiger partial charge < -0.3 is 15.4 Å². The smallest absolute Gasteiger partial charge is 0.224 e. The van der Waals surface area contributed by atoms with Gasteiger partial charge in [0.2, 0.25) is 5.91 Å². The van der Waals surface area contributed by atoms with Crippen molar-refractivity contribution < 1.29 is 9.53 Å². The zero-order chi connectivity index (χ0) is 16.7. The van der Waals surface area contributed by atoms with Crippen LogP contribution in [-0.2, 0) is 4.79 Å². The Morgan fingerprint density at radius 3 is 2.96 bits per heavy atom. The van der Waals surface area contributed by atoms with Gasteiger partial charge in [0, 0.05) is 18.2 Å². The summed E-state index contributed by atoms with van der Waals surface area (Å²) >= 11 is 0. The number of hydrogen-bond donors (Lipinski definition) is 2. The number of amides is 1. The summed E-state index contributed by atoms with van der Waals surface area (Å²) in [6.45, 7) is 9.25. The minimum Gasteiger partial charge on any atom is -0.493 e. The summed E-state index contributed by atoms with van der Waals surface area (Å²) in [4.78, 5) is 12.1. The van der Waals surface area contributed by atoms with E-state index in [2.05, 4.69) is 24.5 Å². The highest BCUT2D eigenvalue weighted by Crippen LogP contribution is 2.24. The van der Waals surface area contributed by atoms with E-state index in [0.29, 0.717) is 24.9 Å². The first-order valence-corrected chi connectivity index (χ1v) is 8.78. The van der Waals surface area contributed by atoms with Crippen LogP contribution in [0.1, 0.15) is 45.1 Å². The molecule has 1 unspecified atom stereocenters. The zero-order valence-electron chi connectivity index (χ0n) is 14.7. The van der Waals surface area contributed by atoms with Crippen molar-refractivity contribution in [3.8, 4) is 5.75 Å². The average Bonchev–Trinajstić information content (AvgIpc) is 3.01. The van der Waals surface area contributed by atoms with Crippen molar-refractivity contribution >= 4 is 11.6 Å². The van der Waals surface area contributed by atoms with E-state index in [1.165, 1.54) is 6.42 Å². The Kier molecular flexibility index (Phi) is 6.90. The van der Waals surface area contributed by atoms with E-state index in [1.807, 2.05) is 25.1 Å². The van der Waals surface area contributed by atoms with Gasteiger partial charge in [-0.3, -0.25) is 4.79 Å². The Labute approximate surface area is 140 Å². The molecule has 4 nitrogen and oxygen atoms in total. The molecular weight excluding hydrogens is 288 g/mol. The van der Waals surface area contributed by atoms with Crippen molar-refractivity contribution in [2.75, 3.05) is 25.0 Å². The number of carbonyl (C=O) groups excluding carboxylic acids is 1. The lowest BCUT2D eigenvalue weighted by molar-refractivity contribution is -0.116. The van der Waals surface area contributed by atoms with E-state index >= 15 is 0 Å². The Balaban J connectivity index is 1.82. The fourth-order valence-corrected chi connectivity index (χ4v) is 2.76. The number of benzene rings is 1. The summed E-state index contributed by atoms with van der Waals surface area (Å²) in [6.07, 6.45) is 3.77. The lowest BCUT2D eigenvalue weighted by Gasteiger charge is -2.13. The third-order valence-electron chi connectivity index (χ3n) is 4.37. The molecule has 23 heavy (non-hydrogen) atoms. The maximum Gasteiger partial charge on any atom is 0.224 e. The van der Waals surface area contributed by atoms with Crippen LogP contribution >= 0.6 is 0 Å². The van der Waals surface area contributed by atoms with Gasteiger partial charge >= 0.3 is 0 Å². The zero-order valence-corrected chi connectivity index (χ0v) is 14.7. The molecule has 1 aromatic carbocycles. The first-order chi connectivity index (χ1) is 11.0. The molecule has 1 fully saturated rings. The third kappa shape index (κ3) is 6.22. The van der Waals surface area contributed by atoms with E-state index in [1.54, 1.807) is 0 Å². The summed E-state index contributed by atoms with van der Waals surface area (Å²) in [7, 11) is 0. The highest BCUT2D eigenvalue weighted by Gasteiger charge is 2.15. The van der Waals surface area contributed by atoms with Crippen LogP contribution in [-0.4, -0.2) is 25.6 Å². The largest absolute Gasteiger partial charge is 0.493 e. The molecule has 2 N–H and O–H groups in total. The van der Waals surface area contributed by atoms with E-state index in [-0.39, 0.29) is 5.91 Å². The normalized spacial score (nSPS) is 17.5. The molecule has 1 aliphatic rings. The highest BCUT2D eigenvalue weighted by molar-refractivity contribution is 5.90. The van der Waals surface area contributed by atoms with Crippen molar-refractivity contribution in [3.63, 3.8) is 0 Å². The van der Waals surface area contributed by atoms with Crippen LogP contribution in [0.15, 0.2) is 18.2 Å². The van der Waals surface area contributed by atoms with E-state index < -0.39 is 0 Å². The van der Waals surface area contributed by atoms with Crippen LogP contribution in [0.25, 0.3) is 0 Å². The van der Waals surface area contributed by atoms with Gasteiger partial charge in [-0.15, -0.1) is 0 Å². The van der Waals surface area contributed by atoms with Gasteiger partial charge in [0.05, 0.1) is 6.61 Å². The molecule has 1 aromatic rings. The first-order valence-electron chi connectivity index (χ1n) is 8.78. The van der Waals surface area contributed by atoms with Crippen molar-refractivity contribution in [3.05, 3.63) is 23.8 Å². The molecule has 0 spiro atoms. The molecule has 1 saturated heterocycles. The number of carbonyl (C=O) groups is 1. The molecule has 4 heteroatoms. The summed E-state index contributed by atoms with van der Waals surface area (Å²) in [5.74, 6) is 2.23. The van der Waals surface area contributed by atoms with E-state index in [9.17, 15) is 4.79 Å². The van der Waals surface area contributed by atoms with Crippen LogP contribution in [0.5, 0.6) is 5.75 Å². The quantitative estimate of drug-likeness (QED) is 0.767. The molecule has 1 atom stereocenters. The monoisotopic (exact) mass is 318 g/mol. The number of rotatable bonds is 8. The number of anilines is 1. The van der Waals surface area contributed by atoms with Crippen molar-refractivity contribution in [2.24, 2.45) is 11.8 Å². The number of ether oxygens (including phenoxy) is 1. The van der Waals surface area contributed by atoms with Gasteiger partial charge in [-0.05, 0) is 62.7 Å². The van der Waals surface area contributed by atoms with Gasteiger partial charge in [-0.25, -0.2) is 0 Å². The van der Waals surface area contributed by atoms with Crippen LogP contribution < -0.4 is 15.4 Å². The molecule has 1 heterocycles. The molecule has 1 amide bonds. The Morgan fingerprint density at radius 2 is 2.26 bits per heavy atom. The maximum absolute atomic E-state index is 12.1. The molecule has 0 aromatic heterocycles. The standard InChI is InChI=1S/C19H30N2O2/c1-14(2)9-11-23-18-12-17(6-4-15(18)3)21-19(22)7-5-16-8-10-20-13-16/h4,6,12,14,16,20H,5,7-11,13H2,1-3H3,(H,21,22). The van der Waals surface area contributed by atoms with Gasteiger partial charge in [0.15, 0.2) is 0 Å². The first kappa shape index (κ1) is 17.8. The Morgan fingerprint density at radius 1 is 1.43 bits per heavy atom. The second-order valence-corrected chi connectivity index (χ2v) is 6.96. The molecule has 0 saturated carbocycles. The van der Waals surface area contributed by atoms with E-state index in [0.717, 1.165) is 42.9 Å². The van der Waals surface area contributed by atoms with Crippen molar-refractivity contribution in [2.45, 2.75) is 46.5 Å². The summed E-state index contributed by atoms with van der Waals surface area (Å²) < 4.78 is 5.85. The molecule has 0 bridgehead atoms. The topological polar surface area (TPSA) is 50.4 Å². The second kappa shape index (κ2) is 8.92. The summed E-state index contributed by atoms with van der Waals surface area (Å²) in [5.41, 5.74) is 1.92. The van der Waals surface area contributed by atoms with Gasteiger partial charge in [-0.2, -0.15) is 0 Å². The predicted octanol–water partition coefficient (Wildman–Crippen LogP) is 3.75. The number of aryl methyl sites for hydroxylation is 1. The lowest BCUT2D eigenvalue weighted by atomic mass is 10.0. The number of hydrogen-bond acceptors (Lipinski definition) is 3. The van der Waals surface area contributed by atoms with Gasteiger partial charge in [0.1, 0.15) is 5.75 Å². The molecule has 0 radical (unpaired) electrons. The van der Waals surface area contributed by atoms with Crippen LogP contribution in [0, 0.1) is 18.8 Å².